The number of rotatable bonds is 57. The fourth-order valence-corrected chi connectivity index (χ4v) is 8.75. The standard InChI is InChI=1S/C70H118O6/c1-4-7-10-13-16-19-22-24-26-28-29-30-31-32-33-34-35-36-37-38-39-40-41-43-44-46-48-51-54-57-60-63-69(72)75-66-67(65-74-68(71)62-59-56-53-50-21-18-15-12-9-6-3)76-70(73)64-61-58-55-52-49-47-45-42-27-25-23-20-17-14-11-8-5-2/h7,10,16-17,19-20,24-27,29-30,32-33,35-36,38-39,67H,4-6,8-9,11-15,18,21-23,28,31,34,37,40-66H2,1-3H3/b10-7-,19-16-,20-17-,26-24-,27-25-,30-29-,33-32-,36-35-,39-38-. The molecule has 0 aromatic heterocycles. The second kappa shape index (κ2) is 63.6. The van der Waals surface area contributed by atoms with Crippen molar-refractivity contribution in [3.63, 3.8) is 0 Å². The molecule has 0 saturated heterocycles. The minimum absolute atomic E-state index is 0.0810. The van der Waals surface area contributed by atoms with Gasteiger partial charge in [0, 0.05) is 19.3 Å². The second-order valence-corrected chi connectivity index (χ2v) is 20.9. The number of unbranched alkanes of at least 4 members (excludes halogenated alkanes) is 28. The molecule has 0 aliphatic heterocycles. The highest BCUT2D eigenvalue weighted by molar-refractivity contribution is 5.71. The summed E-state index contributed by atoms with van der Waals surface area (Å²) in [5, 5.41) is 0. The van der Waals surface area contributed by atoms with E-state index in [0.717, 1.165) is 122 Å². The first-order chi connectivity index (χ1) is 37.5. The van der Waals surface area contributed by atoms with Crippen LogP contribution in [0, 0.1) is 0 Å². The predicted molar refractivity (Wildman–Crippen MR) is 330 cm³/mol. The first-order valence-corrected chi connectivity index (χ1v) is 31.9. The smallest absolute Gasteiger partial charge is 0.306 e. The Labute approximate surface area is 470 Å². The Balaban J connectivity index is 4.23. The van der Waals surface area contributed by atoms with Crippen molar-refractivity contribution < 1.29 is 28.6 Å². The zero-order valence-electron chi connectivity index (χ0n) is 49.7. The molecule has 0 bridgehead atoms. The first kappa shape index (κ1) is 72.1. The molecular formula is C70H118O6. The van der Waals surface area contributed by atoms with Crippen LogP contribution in [0.4, 0.5) is 0 Å². The Morgan fingerprint density at radius 1 is 0.276 bits per heavy atom. The van der Waals surface area contributed by atoms with Crippen molar-refractivity contribution in [1.82, 2.24) is 0 Å². The fourth-order valence-electron chi connectivity index (χ4n) is 8.75. The molecule has 0 fully saturated rings. The van der Waals surface area contributed by atoms with Crippen LogP contribution < -0.4 is 0 Å². The van der Waals surface area contributed by atoms with Gasteiger partial charge < -0.3 is 14.2 Å². The van der Waals surface area contributed by atoms with E-state index in [0.29, 0.717) is 19.3 Å². The molecule has 0 saturated carbocycles. The number of esters is 3. The lowest BCUT2D eigenvalue weighted by atomic mass is 10.1. The summed E-state index contributed by atoms with van der Waals surface area (Å²) < 4.78 is 16.9. The molecule has 6 heteroatoms. The van der Waals surface area contributed by atoms with Crippen molar-refractivity contribution >= 4 is 17.9 Å². The number of allylic oxidation sites excluding steroid dienone is 18. The van der Waals surface area contributed by atoms with E-state index in [1.165, 1.54) is 135 Å². The predicted octanol–water partition coefficient (Wildman–Crippen LogP) is 21.8. The third kappa shape index (κ3) is 60.9. The quantitative estimate of drug-likeness (QED) is 0.0261. The highest BCUT2D eigenvalue weighted by Gasteiger charge is 2.19. The molecule has 1 unspecified atom stereocenters. The van der Waals surface area contributed by atoms with E-state index < -0.39 is 6.10 Å². The molecule has 434 valence electrons. The molecular weight excluding hydrogens is 937 g/mol. The summed E-state index contributed by atoms with van der Waals surface area (Å²) in [4.78, 5) is 38.2. The van der Waals surface area contributed by atoms with Gasteiger partial charge in [0.1, 0.15) is 13.2 Å². The molecule has 0 rings (SSSR count). The van der Waals surface area contributed by atoms with E-state index >= 15 is 0 Å². The van der Waals surface area contributed by atoms with Crippen LogP contribution in [0.1, 0.15) is 297 Å². The van der Waals surface area contributed by atoms with E-state index in [1.807, 2.05) is 0 Å². The van der Waals surface area contributed by atoms with Crippen LogP contribution in [0.5, 0.6) is 0 Å². The van der Waals surface area contributed by atoms with E-state index in [4.69, 9.17) is 14.2 Å². The monoisotopic (exact) mass is 1050 g/mol. The van der Waals surface area contributed by atoms with Gasteiger partial charge in [-0.2, -0.15) is 0 Å². The highest BCUT2D eigenvalue weighted by Crippen LogP contribution is 2.16. The minimum Gasteiger partial charge on any atom is -0.462 e. The van der Waals surface area contributed by atoms with Crippen molar-refractivity contribution in [2.75, 3.05) is 13.2 Å². The van der Waals surface area contributed by atoms with Crippen LogP contribution in [0.3, 0.4) is 0 Å². The molecule has 0 spiro atoms. The van der Waals surface area contributed by atoms with Crippen molar-refractivity contribution in [2.24, 2.45) is 0 Å². The van der Waals surface area contributed by atoms with Crippen molar-refractivity contribution in [2.45, 2.75) is 303 Å². The molecule has 0 amide bonds. The number of ether oxygens (including phenoxy) is 3. The fraction of sp³-hybridized carbons (Fsp3) is 0.700. The zero-order valence-corrected chi connectivity index (χ0v) is 49.7. The van der Waals surface area contributed by atoms with Crippen LogP contribution in [-0.2, 0) is 28.6 Å². The van der Waals surface area contributed by atoms with Gasteiger partial charge in [-0.3, -0.25) is 14.4 Å². The summed E-state index contributed by atoms with van der Waals surface area (Å²) in [6.07, 6.45) is 86.7. The summed E-state index contributed by atoms with van der Waals surface area (Å²) in [5.41, 5.74) is 0. The number of hydrogen-bond acceptors (Lipinski definition) is 6. The number of carbonyl (C=O) groups excluding carboxylic acids is 3. The molecule has 0 radical (unpaired) electrons. The van der Waals surface area contributed by atoms with E-state index in [-0.39, 0.29) is 31.1 Å². The lowest BCUT2D eigenvalue weighted by molar-refractivity contribution is -0.167. The van der Waals surface area contributed by atoms with Gasteiger partial charge in [0.2, 0.25) is 0 Å². The van der Waals surface area contributed by atoms with Gasteiger partial charge in [-0.05, 0) is 109 Å². The Morgan fingerprint density at radius 2 is 0.513 bits per heavy atom. The van der Waals surface area contributed by atoms with Gasteiger partial charge >= 0.3 is 17.9 Å². The maximum atomic E-state index is 12.9. The maximum Gasteiger partial charge on any atom is 0.306 e. The largest absolute Gasteiger partial charge is 0.462 e. The van der Waals surface area contributed by atoms with Crippen LogP contribution in [0.2, 0.25) is 0 Å². The van der Waals surface area contributed by atoms with E-state index in [2.05, 4.69) is 130 Å². The van der Waals surface area contributed by atoms with E-state index in [1.54, 1.807) is 0 Å². The van der Waals surface area contributed by atoms with Crippen LogP contribution >= 0.6 is 0 Å². The average molecular weight is 1060 g/mol. The third-order valence-corrected chi connectivity index (χ3v) is 13.5. The Hall–Kier alpha value is -3.93. The third-order valence-electron chi connectivity index (χ3n) is 13.5. The molecule has 6 nitrogen and oxygen atoms in total. The lowest BCUT2D eigenvalue weighted by Crippen LogP contribution is -2.30. The topological polar surface area (TPSA) is 78.9 Å². The first-order valence-electron chi connectivity index (χ1n) is 31.9. The lowest BCUT2D eigenvalue weighted by Gasteiger charge is -2.18. The summed E-state index contributed by atoms with van der Waals surface area (Å²) in [7, 11) is 0. The van der Waals surface area contributed by atoms with Crippen LogP contribution in [0.25, 0.3) is 0 Å². The molecule has 0 N–H and O–H groups in total. The molecule has 0 heterocycles. The minimum atomic E-state index is -0.784. The Morgan fingerprint density at radius 3 is 0.829 bits per heavy atom. The molecule has 0 aromatic carbocycles. The van der Waals surface area contributed by atoms with Gasteiger partial charge in [0.05, 0.1) is 0 Å². The van der Waals surface area contributed by atoms with Crippen LogP contribution in [-0.4, -0.2) is 37.2 Å². The molecule has 0 aliphatic rings. The molecule has 1 atom stereocenters. The average Bonchev–Trinajstić information content (AvgIpc) is 3.42. The van der Waals surface area contributed by atoms with Crippen molar-refractivity contribution in [1.29, 1.82) is 0 Å². The number of hydrogen-bond donors (Lipinski definition) is 0. The van der Waals surface area contributed by atoms with Crippen molar-refractivity contribution in [3.8, 4) is 0 Å². The molecule has 0 aromatic rings. The van der Waals surface area contributed by atoms with Gasteiger partial charge in [-0.25, -0.2) is 0 Å². The molecule has 76 heavy (non-hydrogen) atoms. The van der Waals surface area contributed by atoms with Gasteiger partial charge in [-0.1, -0.05) is 278 Å². The maximum absolute atomic E-state index is 12.9. The van der Waals surface area contributed by atoms with Gasteiger partial charge in [0.25, 0.3) is 0 Å². The normalized spacial score (nSPS) is 12.8. The zero-order chi connectivity index (χ0) is 55.0. The number of carbonyl (C=O) groups is 3. The molecule has 0 aliphatic carbocycles. The summed E-state index contributed by atoms with van der Waals surface area (Å²) in [5.74, 6) is -0.891. The SMILES string of the molecule is CC/C=C\C/C=C\C/C=C\C/C=C\C/C=C\C/C=C\C/C=C\CCCCCCCCCCCC(=O)OCC(COC(=O)CCCCCCCCCCCC)OC(=O)CCCCCCCCC/C=C\C/C=C\CCCCC. The Kier molecular flexibility index (Phi) is 60.3. The van der Waals surface area contributed by atoms with Crippen LogP contribution in [0.15, 0.2) is 109 Å². The second-order valence-electron chi connectivity index (χ2n) is 20.9. The summed E-state index contributed by atoms with van der Waals surface area (Å²) in [6, 6.07) is 0. The van der Waals surface area contributed by atoms with Gasteiger partial charge in [0.15, 0.2) is 6.10 Å². The summed E-state index contributed by atoms with van der Waals surface area (Å²) in [6.45, 7) is 6.49. The summed E-state index contributed by atoms with van der Waals surface area (Å²) >= 11 is 0. The van der Waals surface area contributed by atoms with Crippen molar-refractivity contribution in [3.05, 3.63) is 109 Å². The highest BCUT2D eigenvalue weighted by atomic mass is 16.6. The van der Waals surface area contributed by atoms with E-state index in [9.17, 15) is 14.4 Å². The Bertz CT molecular complexity index is 1540. The van der Waals surface area contributed by atoms with Gasteiger partial charge in [-0.15, -0.1) is 0 Å².